The van der Waals surface area contributed by atoms with E-state index in [0.29, 0.717) is 17.9 Å². The predicted molar refractivity (Wildman–Crippen MR) is 94.4 cm³/mol. The lowest BCUT2D eigenvalue weighted by Gasteiger charge is -2.08. The highest BCUT2D eigenvalue weighted by Gasteiger charge is 2.11. The number of alkyl halides is 1. The molecule has 1 atom stereocenters. The average molecular weight is 319 g/mol. The normalized spacial score (nSPS) is 11.8. The van der Waals surface area contributed by atoms with Gasteiger partial charge in [-0.1, -0.05) is 67.6 Å². The smallest absolute Gasteiger partial charge is 0.171 e. The van der Waals surface area contributed by atoms with Gasteiger partial charge in [-0.2, -0.15) is 0 Å². The maximum atomic E-state index is 13.9. The Morgan fingerprint density at radius 2 is 1.54 bits per heavy atom. The molecule has 1 heterocycles. The van der Waals surface area contributed by atoms with Gasteiger partial charge >= 0.3 is 0 Å². The third-order valence-corrected chi connectivity index (χ3v) is 3.64. The lowest BCUT2D eigenvalue weighted by atomic mass is 10.0. The Morgan fingerprint density at radius 1 is 0.958 bits per heavy atom. The molecule has 0 bridgehead atoms. The van der Waals surface area contributed by atoms with Crippen LogP contribution in [-0.2, 0) is 0 Å². The minimum Gasteiger partial charge on any atom is -0.259 e. The molecule has 0 fully saturated rings. The molecule has 0 radical (unpaired) electrons. The Balaban J connectivity index is 2.08. The Morgan fingerprint density at radius 3 is 2.08 bits per heavy atom. The first-order valence-corrected chi connectivity index (χ1v) is 7.93. The molecule has 0 amide bonds. The number of hydrogen-bond acceptors (Lipinski definition) is 3. The van der Waals surface area contributed by atoms with Gasteiger partial charge in [0.1, 0.15) is 6.17 Å². The fourth-order valence-electron chi connectivity index (χ4n) is 2.39. The van der Waals surface area contributed by atoms with E-state index in [1.165, 1.54) is 6.20 Å². The van der Waals surface area contributed by atoms with Crippen molar-refractivity contribution in [1.29, 1.82) is 0 Å². The van der Waals surface area contributed by atoms with Crippen LogP contribution in [-0.4, -0.2) is 15.7 Å². The summed E-state index contributed by atoms with van der Waals surface area (Å²) in [7, 11) is 0. The first-order valence-electron chi connectivity index (χ1n) is 7.93. The second-order valence-corrected chi connectivity index (χ2v) is 5.37. The van der Waals surface area contributed by atoms with Gasteiger partial charge < -0.3 is 0 Å². The molecular weight excluding hydrogens is 301 g/mol. The van der Waals surface area contributed by atoms with Gasteiger partial charge in [0.25, 0.3) is 0 Å². The number of aliphatic imine (C=N–C) groups is 1. The zero-order valence-corrected chi connectivity index (χ0v) is 13.4. The van der Waals surface area contributed by atoms with Crippen molar-refractivity contribution >= 4 is 11.5 Å². The number of rotatable bonds is 5. The summed E-state index contributed by atoms with van der Waals surface area (Å²) in [5, 5.41) is 0. The largest absolute Gasteiger partial charge is 0.259 e. The number of nitrogens with zero attached hydrogens (tertiary/aromatic N) is 3. The van der Waals surface area contributed by atoms with Gasteiger partial charge in [0, 0.05) is 11.1 Å². The van der Waals surface area contributed by atoms with E-state index in [-0.39, 0.29) is 0 Å². The van der Waals surface area contributed by atoms with E-state index >= 15 is 0 Å². The quantitative estimate of drug-likeness (QED) is 0.616. The van der Waals surface area contributed by atoms with Crippen LogP contribution in [0, 0.1) is 0 Å². The molecule has 0 N–H and O–H groups in total. The van der Waals surface area contributed by atoms with Gasteiger partial charge in [-0.05, 0) is 6.42 Å². The molecule has 3 nitrogen and oxygen atoms in total. The van der Waals surface area contributed by atoms with E-state index in [9.17, 15) is 4.39 Å². The van der Waals surface area contributed by atoms with Gasteiger partial charge in [-0.15, -0.1) is 0 Å². The van der Waals surface area contributed by atoms with Gasteiger partial charge in [0.2, 0.25) is 0 Å². The summed E-state index contributed by atoms with van der Waals surface area (Å²) in [5.74, 6) is 0.409. The van der Waals surface area contributed by atoms with Gasteiger partial charge in [-0.25, -0.2) is 14.4 Å². The molecule has 3 rings (SSSR count). The van der Waals surface area contributed by atoms with E-state index < -0.39 is 6.17 Å². The molecule has 0 aliphatic rings. The lowest BCUT2D eigenvalue weighted by Crippen LogP contribution is -2.03. The van der Waals surface area contributed by atoms with Crippen molar-refractivity contribution in [3.63, 3.8) is 0 Å². The van der Waals surface area contributed by atoms with Crippen molar-refractivity contribution < 1.29 is 4.39 Å². The Hall–Kier alpha value is -2.88. The first-order chi connectivity index (χ1) is 11.8. The van der Waals surface area contributed by atoms with Crippen LogP contribution in [0.25, 0.3) is 0 Å². The predicted octanol–water partition coefficient (Wildman–Crippen LogP) is 5.07. The second kappa shape index (κ2) is 7.59. The zero-order valence-electron chi connectivity index (χ0n) is 13.4. The van der Waals surface area contributed by atoms with E-state index in [1.807, 2.05) is 60.7 Å². The minimum atomic E-state index is -1.12. The maximum absolute atomic E-state index is 13.9. The highest BCUT2D eigenvalue weighted by Crippen LogP contribution is 2.21. The summed E-state index contributed by atoms with van der Waals surface area (Å²) in [6, 6.07) is 19.7. The number of halogens is 1. The third kappa shape index (κ3) is 3.71. The lowest BCUT2D eigenvalue weighted by molar-refractivity contribution is 0.326. The van der Waals surface area contributed by atoms with E-state index in [2.05, 4.69) is 15.0 Å². The Kier molecular flexibility index (Phi) is 5.06. The second-order valence-electron chi connectivity index (χ2n) is 5.37. The highest BCUT2D eigenvalue weighted by molar-refractivity contribution is 6.13. The number of benzene rings is 2. The zero-order chi connectivity index (χ0) is 16.8. The molecule has 4 heteroatoms. The molecule has 0 saturated heterocycles. The molecule has 0 aliphatic heterocycles. The summed E-state index contributed by atoms with van der Waals surface area (Å²) in [6.45, 7) is 1.78. The molecule has 120 valence electrons. The van der Waals surface area contributed by atoms with Crippen molar-refractivity contribution in [3.8, 4) is 0 Å². The van der Waals surface area contributed by atoms with Crippen LogP contribution in [0.4, 0.5) is 10.2 Å². The monoisotopic (exact) mass is 319 g/mol. The molecule has 1 unspecified atom stereocenters. The van der Waals surface area contributed by atoms with Crippen molar-refractivity contribution in [2.75, 3.05) is 0 Å². The van der Waals surface area contributed by atoms with Crippen molar-refractivity contribution in [2.45, 2.75) is 19.5 Å². The number of hydrogen-bond donors (Lipinski definition) is 0. The molecule has 0 aliphatic carbocycles. The molecule has 0 spiro atoms. The van der Waals surface area contributed by atoms with Crippen LogP contribution < -0.4 is 0 Å². The van der Waals surface area contributed by atoms with Crippen molar-refractivity contribution in [3.05, 3.63) is 89.9 Å². The van der Waals surface area contributed by atoms with Gasteiger partial charge in [0.15, 0.2) is 5.82 Å². The summed E-state index contributed by atoms with van der Waals surface area (Å²) in [4.78, 5) is 13.0. The fraction of sp³-hybridized carbons (Fsp3) is 0.150. The minimum absolute atomic E-state index is 0.319. The Labute approximate surface area is 141 Å². The molecule has 1 aromatic heterocycles. The van der Waals surface area contributed by atoms with Crippen LogP contribution in [0.5, 0.6) is 0 Å². The summed E-state index contributed by atoms with van der Waals surface area (Å²) in [5.41, 5.74) is 3.06. The standard InChI is InChI=1S/C20H18FN3/c1-2-17(21)18-13-22-14-19(23-18)24-20(15-9-5-3-6-10-15)16-11-7-4-8-12-16/h3-14,17H,2H2,1H3. The van der Waals surface area contributed by atoms with Crippen LogP contribution in [0.3, 0.4) is 0 Å². The average Bonchev–Trinajstić information content (AvgIpc) is 2.67. The summed E-state index contributed by atoms with van der Waals surface area (Å²) < 4.78 is 13.9. The summed E-state index contributed by atoms with van der Waals surface area (Å²) >= 11 is 0. The molecule has 2 aromatic carbocycles. The van der Waals surface area contributed by atoms with Crippen molar-refractivity contribution in [1.82, 2.24) is 9.97 Å². The topological polar surface area (TPSA) is 38.1 Å². The molecule has 0 saturated carbocycles. The fourth-order valence-corrected chi connectivity index (χ4v) is 2.39. The van der Waals surface area contributed by atoms with E-state index in [4.69, 9.17) is 0 Å². The Bertz CT molecular complexity index is 775. The first kappa shape index (κ1) is 16.0. The molecular formula is C20H18FN3. The van der Waals surface area contributed by atoms with Gasteiger partial charge in [-0.3, -0.25) is 4.98 Å². The SMILES string of the molecule is CCC(F)c1cncc(N=C(c2ccccc2)c2ccccc2)n1. The van der Waals surface area contributed by atoms with Crippen molar-refractivity contribution in [2.24, 2.45) is 4.99 Å². The van der Waals surface area contributed by atoms with E-state index in [0.717, 1.165) is 16.8 Å². The van der Waals surface area contributed by atoms with Gasteiger partial charge in [0.05, 0.1) is 23.8 Å². The van der Waals surface area contributed by atoms with Crippen LogP contribution in [0.1, 0.15) is 36.3 Å². The summed E-state index contributed by atoms with van der Waals surface area (Å²) in [6.07, 6.45) is 2.26. The maximum Gasteiger partial charge on any atom is 0.171 e. The molecule has 3 aromatic rings. The van der Waals surface area contributed by atoms with Crippen LogP contribution in [0.2, 0.25) is 0 Å². The molecule has 24 heavy (non-hydrogen) atoms. The van der Waals surface area contributed by atoms with Crippen LogP contribution in [0.15, 0.2) is 78.0 Å². The highest BCUT2D eigenvalue weighted by atomic mass is 19.1. The number of aromatic nitrogens is 2. The van der Waals surface area contributed by atoms with Crippen LogP contribution >= 0.6 is 0 Å². The third-order valence-electron chi connectivity index (χ3n) is 3.64. The van der Waals surface area contributed by atoms with E-state index in [1.54, 1.807) is 13.1 Å².